The van der Waals surface area contributed by atoms with Crippen LogP contribution in [-0.4, -0.2) is 165 Å². The predicted molar refractivity (Wildman–Crippen MR) is 541 cm³/mol. The third-order valence-corrected chi connectivity index (χ3v) is 28.9. The summed E-state index contributed by atoms with van der Waals surface area (Å²) in [6.45, 7) is 17.2. The van der Waals surface area contributed by atoms with E-state index in [4.69, 9.17) is 152 Å². The van der Waals surface area contributed by atoms with E-state index in [1.165, 1.54) is 35.3 Å². The molecule has 9 amide bonds. The van der Waals surface area contributed by atoms with Crippen molar-refractivity contribution in [2.75, 3.05) is 46.0 Å². The van der Waals surface area contributed by atoms with Gasteiger partial charge in [-0.15, -0.1) is 56.7 Å². The van der Waals surface area contributed by atoms with Gasteiger partial charge in [-0.05, 0) is 213 Å². The van der Waals surface area contributed by atoms with E-state index in [0.29, 0.717) is 133 Å². The number of esters is 1. The minimum Gasteiger partial charge on any atom is -0.477 e. The zero-order valence-corrected chi connectivity index (χ0v) is 85.7. The molecule has 0 spiro atoms. The van der Waals surface area contributed by atoms with Crippen molar-refractivity contribution >= 4 is 285 Å². The number of nitrogens with zero attached hydrogens (tertiary/aromatic N) is 2. The Bertz CT molecular complexity index is 5850. The maximum absolute atomic E-state index is 12.9. The van der Waals surface area contributed by atoms with Gasteiger partial charge in [0.05, 0.1) is 108 Å². The summed E-state index contributed by atoms with van der Waals surface area (Å²) in [7, 11) is 0. The van der Waals surface area contributed by atoms with Crippen molar-refractivity contribution in [3.63, 3.8) is 0 Å². The smallest absolute Gasteiger partial charge is 0.410 e. The van der Waals surface area contributed by atoms with Crippen LogP contribution in [0.15, 0.2) is 177 Å². The molecule has 8 N–H and O–H groups in total. The van der Waals surface area contributed by atoms with Crippen LogP contribution in [0.4, 0.5) is 14.4 Å². The Hall–Kier alpha value is -9.12. The lowest BCUT2D eigenvalue weighted by molar-refractivity contribution is 0.0530. The summed E-state index contributed by atoms with van der Waals surface area (Å²) in [4.78, 5) is 163. The number of hydrogen-bond donors (Lipinski definition) is 9. The van der Waals surface area contributed by atoms with Crippen molar-refractivity contribution in [1.82, 2.24) is 47.0 Å². The van der Waals surface area contributed by atoms with Crippen LogP contribution in [0.5, 0.6) is 0 Å². The molecule has 7 heterocycles. The molecule has 45 heteroatoms. The molecular formula is C90H84Cl11N9O18S7. The van der Waals surface area contributed by atoms with Crippen molar-refractivity contribution in [2.45, 2.75) is 101 Å². The van der Waals surface area contributed by atoms with Crippen LogP contribution in [0.25, 0.3) is 0 Å². The summed E-state index contributed by atoms with van der Waals surface area (Å²) >= 11 is 75.0. The molecule has 4 atom stereocenters. The number of carbonyl (C=O) groups is 13. The molecule has 27 nitrogen and oxygen atoms in total. The first-order valence-corrected chi connectivity index (χ1v) is 49.7. The number of carboxylic acid groups (broad SMARTS) is 1. The predicted octanol–water partition coefficient (Wildman–Crippen LogP) is 22.8. The van der Waals surface area contributed by atoms with Crippen LogP contribution in [0.2, 0.25) is 50.2 Å². The molecule has 0 aliphatic carbocycles. The lowest BCUT2D eigenvalue weighted by Crippen LogP contribution is -2.43. The highest BCUT2D eigenvalue weighted by molar-refractivity contribution is 8.13. The summed E-state index contributed by atoms with van der Waals surface area (Å²) in [5, 5.41) is 31.4. The molecule has 0 saturated carbocycles. The largest absolute Gasteiger partial charge is 0.477 e. The van der Waals surface area contributed by atoms with E-state index in [0.717, 1.165) is 96.3 Å². The normalized spacial score (nSPS) is 14.0. The zero-order chi connectivity index (χ0) is 98.9. The third kappa shape index (κ3) is 36.3. The molecule has 5 aromatic heterocycles. The van der Waals surface area contributed by atoms with E-state index >= 15 is 0 Å². The Labute approximate surface area is 861 Å². The minimum absolute atomic E-state index is 0.00995. The van der Waals surface area contributed by atoms with Gasteiger partial charge in [-0.2, -0.15) is 12.6 Å². The van der Waals surface area contributed by atoms with Crippen LogP contribution in [0.3, 0.4) is 0 Å². The molecule has 2 saturated heterocycles. The standard InChI is InChI=1S/C27H31Cl2N3O6S2.C22H23Cl2N3O4S2.C15H13Cl2NO3S.C13H8Cl3NO2S.C13H9Cl2NO3S/c1-5-10-37-25(35)32-15-18(39-26(36)38-27(2,3)4)12-17(32)14-31-24(34)22-9-8-21(40-22)23(33)30-13-16-6-7-19(28)20(29)11-16;1-2-7-31-22(30)27-12-15(32)9-14(27)11-26-21(29)19-6-5-18(33-19)20(28)25-10-13-3-4-16(23)17(24)8-13;1-2-21-15(20)13-6-5-12(22-13)14(19)18-8-9-3-4-10(16)11(17)7-9;14-8-2-1-7(5-9(8)15)6-17-13(19)11-4-3-10(20-11)12(16)18;14-8-2-1-7(5-9(8)15)6-16-12(17)10-3-4-11(20-10)13(18)19/h5-9,11,17-18H,1,10,12-15H2,2-4H3,(H,30,33)(H,31,34);2-6,8,14-15,32H,1,7,9-12H2,(H,25,28)(H,26,29);3-7H,2,8H2,1H3,(H,18,19);1-5H,6H2,(H,17,19);1-5H,6H2,(H,16,17)(H,18,19)/t17-,18-;14-,15-;;;/m00.../s1. The fourth-order valence-electron chi connectivity index (χ4n) is 11.8. The van der Waals surface area contributed by atoms with E-state index in [2.05, 4.69) is 63.0 Å². The number of hydrogen-bond acceptors (Lipinski definition) is 24. The molecule has 12 rings (SSSR count). The Morgan fingerprint density at radius 1 is 0.407 bits per heavy atom. The monoisotopic (exact) mass is 2190 g/mol. The van der Waals surface area contributed by atoms with Crippen LogP contribution in [-0.2, 0) is 51.7 Å². The number of thioether (sulfide) groups is 1. The molecule has 2 aliphatic rings. The number of aromatic carboxylic acids is 1. The molecule has 0 radical (unpaired) electrons. The van der Waals surface area contributed by atoms with Gasteiger partial charge < -0.3 is 71.1 Å². The maximum atomic E-state index is 12.9. The average Bonchev–Trinajstić information content (AvgIpc) is 1.70. The number of ether oxygens (including phenoxy) is 4. The number of thiophene rings is 5. The third-order valence-electron chi connectivity index (χ3n) is 18.2. The maximum Gasteiger partial charge on any atom is 0.410 e. The summed E-state index contributed by atoms with van der Waals surface area (Å²) in [6, 6.07) is 40.5. The number of nitrogens with one attached hydrogen (secondary N) is 7. The Balaban J connectivity index is 0.000000214. The van der Waals surface area contributed by atoms with Crippen molar-refractivity contribution in [2.24, 2.45) is 0 Å². The molecule has 5 aromatic carbocycles. The lowest BCUT2D eigenvalue weighted by Gasteiger charge is -2.23. The second-order valence-corrected chi connectivity index (χ2v) is 41.2. The van der Waals surface area contributed by atoms with Crippen molar-refractivity contribution < 1.29 is 86.4 Å². The SMILES string of the molecule is C=CCOC(=O)N1C[C@@H](S)C[C@H]1CNC(=O)c1ccc(C(=O)NCc2ccc(Cl)c(Cl)c2)s1.C=CCOC(=O)N1C[C@@H](SC(=O)OC(C)(C)C)C[C@H]1CNC(=O)c1ccc(C(=O)NCc2ccc(Cl)c(Cl)c2)s1.CCOC(=O)c1ccc(C(=O)NCc2ccc(Cl)c(Cl)c2)s1.O=C(Cl)c1ccc(C(=O)NCc2ccc(Cl)c(Cl)c2)s1.O=C(O)c1ccc(C(=O)NCc2ccc(Cl)c(Cl)c2)s1. The molecule has 2 fully saturated rings. The number of rotatable bonds is 30. The fourth-order valence-corrected chi connectivity index (χ4v) is 19.1. The van der Waals surface area contributed by atoms with Crippen LogP contribution in [0, 0.1) is 0 Å². The second-order valence-electron chi connectivity index (χ2n) is 29.4. The summed E-state index contributed by atoms with van der Waals surface area (Å²) < 4.78 is 20.6. The van der Waals surface area contributed by atoms with E-state index in [9.17, 15) is 62.3 Å². The van der Waals surface area contributed by atoms with Gasteiger partial charge in [-0.3, -0.25) is 38.4 Å². The molecule has 716 valence electrons. The van der Waals surface area contributed by atoms with Crippen LogP contribution in [0.1, 0.15) is 165 Å². The first-order valence-electron chi connectivity index (χ1n) is 40.0. The van der Waals surface area contributed by atoms with Gasteiger partial charge in [0, 0.05) is 69.4 Å². The minimum atomic E-state index is -1.04. The van der Waals surface area contributed by atoms with E-state index in [1.807, 2.05) is 0 Å². The van der Waals surface area contributed by atoms with Gasteiger partial charge in [0.25, 0.3) is 46.6 Å². The molecule has 135 heavy (non-hydrogen) atoms. The summed E-state index contributed by atoms with van der Waals surface area (Å²) in [5.74, 6) is -3.64. The number of carbonyl (C=O) groups excluding carboxylic acids is 12. The summed E-state index contributed by atoms with van der Waals surface area (Å²) in [6.07, 6.45) is 3.05. The van der Waals surface area contributed by atoms with Crippen LogP contribution < -0.4 is 37.2 Å². The Kier molecular flexibility index (Phi) is 45.2. The lowest BCUT2D eigenvalue weighted by atomic mass is 10.2. The quantitative estimate of drug-likeness (QED) is 0.00664. The van der Waals surface area contributed by atoms with E-state index < -0.39 is 46.3 Å². The topological polar surface area (TPSA) is 370 Å². The van der Waals surface area contributed by atoms with Gasteiger partial charge in [0.2, 0.25) is 0 Å². The molecule has 10 aromatic rings. The molecule has 0 unspecified atom stereocenters. The number of halogens is 11. The highest BCUT2D eigenvalue weighted by Gasteiger charge is 2.40. The van der Waals surface area contributed by atoms with Gasteiger partial charge in [0.1, 0.15) is 28.6 Å². The van der Waals surface area contributed by atoms with Gasteiger partial charge in [-0.1, -0.05) is 172 Å². The van der Waals surface area contributed by atoms with Crippen molar-refractivity contribution in [3.8, 4) is 0 Å². The zero-order valence-electron chi connectivity index (χ0n) is 71.5. The number of amides is 9. The number of carboxylic acids is 1. The summed E-state index contributed by atoms with van der Waals surface area (Å²) in [5.41, 5.74) is 3.44. The number of benzene rings is 5. The second kappa shape index (κ2) is 54.9. The molecule has 2 aliphatic heterocycles. The van der Waals surface area contributed by atoms with Crippen molar-refractivity contribution in [1.29, 1.82) is 0 Å². The Morgan fingerprint density at radius 2 is 0.689 bits per heavy atom. The molecular weight excluding hydrogens is 2110 g/mol. The van der Waals surface area contributed by atoms with E-state index in [1.54, 1.807) is 166 Å². The average molecular weight is 2190 g/mol. The first kappa shape index (κ1) is 111. The molecule has 0 bridgehead atoms. The Morgan fingerprint density at radius 3 is 0.978 bits per heavy atom. The number of likely N-dealkylation sites (tertiary alicyclic amines) is 2. The highest BCUT2D eigenvalue weighted by Crippen LogP contribution is 2.34. The van der Waals surface area contributed by atoms with Crippen LogP contribution >= 0.6 is 209 Å². The van der Waals surface area contributed by atoms with Crippen molar-refractivity contribution in [3.05, 3.63) is 304 Å². The highest BCUT2D eigenvalue weighted by atomic mass is 35.5. The van der Waals surface area contributed by atoms with Gasteiger partial charge in [-0.25, -0.2) is 24.0 Å². The fraction of sp³-hybridized carbons (Fsp3) is 0.256. The number of thiol groups is 1. The first-order chi connectivity index (χ1) is 64.1. The van der Waals surface area contributed by atoms with Gasteiger partial charge in [0.15, 0.2) is 0 Å². The van der Waals surface area contributed by atoms with E-state index in [-0.39, 0.29) is 115 Å². The van der Waals surface area contributed by atoms with Gasteiger partial charge >= 0.3 is 29.4 Å².